The third kappa shape index (κ3) is 2.71. The number of benzene rings is 1. The van der Waals surface area contributed by atoms with E-state index in [-0.39, 0.29) is 12.7 Å². The summed E-state index contributed by atoms with van der Waals surface area (Å²) in [6, 6.07) is 8.87. The summed E-state index contributed by atoms with van der Waals surface area (Å²) in [6.45, 7) is 0.0248. The lowest BCUT2D eigenvalue weighted by Gasteiger charge is -2.26. The van der Waals surface area contributed by atoms with E-state index in [2.05, 4.69) is 0 Å². The Kier molecular flexibility index (Phi) is 3.99. The molecular weight excluding hydrogens is 230 g/mol. The highest BCUT2D eigenvalue weighted by Gasteiger charge is 2.37. The van der Waals surface area contributed by atoms with Crippen molar-refractivity contribution in [3.05, 3.63) is 35.9 Å². The average molecular weight is 249 g/mol. The molecule has 0 aromatic heterocycles. The van der Waals surface area contributed by atoms with E-state index in [1.807, 2.05) is 6.07 Å². The normalized spacial score (nSPS) is 19.6. The van der Waals surface area contributed by atoms with Crippen molar-refractivity contribution in [2.75, 3.05) is 6.61 Å². The summed E-state index contributed by atoms with van der Waals surface area (Å²) in [7, 11) is 0. The van der Waals surface area contributed by atoms with Crippen LogP contribution in [0.25, 0.3) is 0 Å². The van der Waals surface area contributed by atoms with Crippen LogP contribution >= 0.6 is 0 Å². The minimum absolute atomic E-state index is 0.0248. The van der Waals surface area contributed by atoms with Crippen LogP contribution < -0.4 is 5.73 Å². The zero-order valence-corrected chi connectivity index (χ0v) is 10.3. The van der Waals surface area contributed by atoms with Gasteiger partial charge in [-0.2, -0.15) is 0 Å². The van der Waals surface area contributed by atoms with Crippen molar-refractivity contribution in [1.29, 1.82) is 0 Å². The van der Waals surface area contributed by atoms with Gasteiger partial charge in [-0.15, -0.1) is 0 Å². The zero-order valence-electron chi connectivity index (χ0n) is 10.3. The number of aliphatic carboxylic acids is 1. The van der Waals surface area contributed by atoms with Crippen LogP contribution in [0.15, 0.2) is 30.3 Å². The summed E-state index contributed by atoms with van der Waals surface area (Å²) >= 11 is 0. The molecule has 1 unspecified atom stereocenters. The number of hydrogen-bond donors (Lipinski definition) is 2. The minimum Gasteiger partial charge on any atom is -0.480 e. The molecule has 1 aromatic carbocycles. The molecule has 1 fully saturated rings. The maximum Gasteiger partial charge on any atom is 0.330 e. The maximum absolute atomic E-state index is 11.4. The van der Waals surface area contributed by atoms with Crippen molar-refractivity contribution in [1.82, 2.24) is 0 Å². The lowest BCUT2D eigenvalue weighted by Crippen LogP contribution is -2.49. The first-order valence-corrected chi connectivity index (χ1v) is 6.32. The highest BCUT2D eigenvalue weighted by molar-refractivity contribution is 5.80. The van der Waals surface area contributed by atoms with Gasteiger partial charge in [-0.05, 0) is 18.4 Å². The van der Waals surface area contributed by atoms with E-state index in [1.54, 1.807) is 24.3 Å². The SMILES string of the molecule is NC(COC1CCCC1)(C(=O)O)c1ccccc1. The predicted octanol–water partition coefficient (Wildman–Crippen LogP) is 1.88. The molecule has 2 rings (SSSR count). The molecule has 0 heterocycles. The lowest BCUT2D eigenvalue weighted by molar-refractivity contribution is -0.147. The Morgan fingerprint density at radius 3 is 2.50 bits per heavy atom. The summed E-state index contributed by atoms with van der Waals surface area (Å²) in [5.41, 5.74) is 5.14. The van der Waals surface area contributed by atoms with E-state index in [9.17, 15) is 9.90 Å². The molecule has 0 aliphatic heterocycles. The van der Waals surface area contributed by atoms with Crippen LogP contribution in [0.1, 0.15) is 31.2 Å². The predicted molar refractivity (Wildman–Crippen MR) is 68.2 cm³/mol. The van der Waals surface area contributed by atoms with Crippen LogP contribution in [0.5, 0.6) is 0 Å². The first-order valence-electron chi connectivity index (χ1n) is 6.32. The summed E-state index contributed by atoms with van der Waals surface area (Å²) < 4.78 is 5.68. The Balaban J connectivity index is 2.09. The van der Waals surface area contributed by atoms with Crippen LogP contribution in [0.3, 0.4) is 0 Å². The number of nitrogens with two attached hydrogens (primary N) is 1. The van der Waals surface area contributed by atoms with E-state index in [0.29, 0.717) is 5.56 Å². The van der Waals surface area contributed by atoms with Crippen molar-refractivity contribution in [3.63, 3.8) is 0 Å². The van der Waals surface area contributed by atoms with Gasteiger partial charge in [0.15, 0.2) is 5.54 Å². The molecule has 0 spiro atoms. The first kappa shape index (κ1) is 13.1. The average Bonchev–Trinajstić information content (AvgIpc) is 2.90. The van der Waals surface area contributed by atoms with Gasteiger partial charge in [-0.1, -0.05) is 43.2 Å². The number of ether oxygens (including phenoxy) is 1. The highest BCUT2D eigenvalue weighted by atomic mass is 16.5. The summed E-state index contributed by atoms with van der Waals surface area (Å²) in [5.74, 6) is -1.05. The second-order valence-corrected chi connectivity index (χ2v) is 4.86. The number of hydrogen-bond acceptors (Lipinski definition) is 3. The topological polar surface area (TPSA) is 72.5 Å². The quantitative estimate of drug-likeness (QED) is 0.835. The molecule has 1 saturated carbocycles. The monoisotopic (exact) mass is 249 g/mol. The van der Waals surface area contributed by atoms with Gasteiger partial charge in [0.2, 0.25) is 0 Å². The van der Waals surface area contributed by atoms with E-state index < -0.39 is 11.5 Å². The van der Waals surface area contributed by atoms with Crippen molar-refractivity contribution in [3.8, 4) is 0 Å². The zero-order chi connectivity index (χ0) is 13.0. The lowest BCUT2D eigenvalue weighted by atomic mass is 9.92. The Morgan fingerprint density at radius 2 is 1.94 bits per heavy atom. The second-order valence-electron chi connectivity index (χ2n) is 4.86. The fourth-order valence-corrected chi connectivity index (χ4v) is 2.31. The van der Waals surface area contributed by atoms with Gasteiger partial charge in [-0.25, -0.2) is 4.79 Å². The third-order valence-electron chi connectivity index (χ3n) is 3.52. The van der Waals surface area contributed by atoms with E-state index in [0.717, 1.165) is 25.7 Å². The van der Waals surface area contributed by atoms with Crippen LogP contribution in [0.4, 0.5) is 0 Å². The second kappa shape index (κ2) is 5.50. The Labute approximate surface area is 107 Å². The third-order valence-corrected chi connectivity index (χ3v) is 3.52. The number of rotatable bonds is 5. The van der Waals surface area contributed by atoms with E-state index in [4.69, 9.17) is 10.5 Å². The van der Waals surface area contributed by atoms with Crippen molar-refractivity contribution in [2.45, 2.75) is 37.3 Å². The van der Waals surface area contributed by atoms with Crippen molar-refractivity contribution < 1.29 is 14.6 Å². The molecule has 18 heavy (non-hydrogen) atoms. The molecule has 4 heteroatoms. The highest BCUT2D eigenvalue weighted by Crippen LogP contribution is 2.25. The van der Waals surface area contributed by atoms with Gasteiger partial charge in [0.05, 0.1) is 12.7 Å². The van der Waals surface area contributed by atoms with Gasteiger partial charge in [-0.3, -0.25) is 0 Å². The molecule has 4 nitrogen and oxygen atoms in total. The number of carboxylic acid groups (broad SMARTS) is 1. The van der Waals surface area contributed by atoms with Crippen LogP contribution in [-0.4, -0.2) is 23.8 Å². The molecule has 0 bridgehead atoms. The molecule has 0 amide bonds. The van der Waals surface area contributed by atoms with Crippen LogP contribution in [0, 0.1) is 0 Å². The van der Waals surface area contributed by atoms with Crippen LogP contribution in [0.2, 0.25) is 0 Å². The molecule has 1 aromatic rings. The molecular formula is C14H19NO3. The van der Waals surface area contributed by atoms with Gasteiger partial charge in [0, 0.05) is 0 Å². The standard InChI is InChI=1S/C14H19NO3/c15-14(13(16)17,11-6-2-1-3-7-11)10-18-12-8-4-5-9-12/h1-3,6-7,12H,4-5,8-10,15H2,(H,16,17). The van der Waals surface area contributed by atoms with Gasteiger partial charge < -0.3 is 15.6 Å². The van der Waals surface area contributed by atoms with Gasteiger partial charge in [0.1, 0.15) is 0 Å². The summed E-state index contributed by atoms with van der Waals surface area (Å²) in [6.07, 6.45) is 4.48. The number of carboxylic acids is 1. The molecule has 1 aliphatic carbocycles. The maximum atomic E-state index is 11.4. The molecule has 98 valence electrons. The van der Waals surface area contributed by atoms with Crippen molar-refractivity contribution in [2.24, 2.45) is 5.73 Å². The molecule has 3 N–H and O–H groups in total. The Hall–Kier alpha value is -1.39. The number of carbonyl (C=O) groups is 1. The van der Waals surface area contributed by atoms with Crippen LogP contribution in [-0.2, 0) is 15.1 Å². The van der Waals surface area contributed by atoms with Gasteiger partial charge in [0.25, 0.3) is 0 Å². The van der Waals surface area contributed by atoms with Gasteiger partial charge >= 0.3 is 5.97 Å². The minimum atomic E-state index is -1.45. The Bertz CT molecular complexity index is 401. The van der Waals surface area contributed by atoms with E-state index in [1.165, 1.54) is 0 Å². The molecule has 1 atom stereocenters. The fourth-order valence-electron chi connectivity index (χ4n) is 2.31. The Morgan fingerprint density at radius 1 is 1.33 bits per heavy atom. The molecule has 0 radical (unpaired) electrons. The smallest absolute Gasteiger partial charge is 0.330 e. The first-order chi connectivity index (χ1) is 8.63. The summed E-state index contributed by atoms with van der Waals surface area (Å²) in [5, 5.41) is 9.35. The van der Waals surface area contributed by atoms with E-state index >= 15 is 0 Å². The van der Waals surface area contributed by atoms with Crippen molar-refractivity contribution >= 4 is 5.97 Å². The fraction of sp³-hybridized carbons (Fsp3) is 0.500. The largest absolute Gasteiger partial charge is 0.480 e. The molecule has 1 aliphatic rings. The molecule has 0 saturated heterocycles. The summed E-state index contributed by atoms with van der Waals surface area (Å²) in [4.78, 5) is 11.4.